The summed E-state index contributed by atoms with van der Waals surface area (Å²) in [6.07, 6.45) is 1.20. The summed E-state index contributed by atoms with van der Waals surface area (Å²) < 4.78 is 18.5. The molecule has 0 amide bonds. The Kier molecular flexibility index (Phi) is 6.22. The highest BCUT2D eigenvalue weighted by Crippen LogP contribution is 2.05. The summed E-state index contributed by atoms with van der Waals surface area (Å²) in [6.45, 7) is 6.36. The Morgan fingerprint density at radius 3 is 2.74 bits per heavy atom. The molecule has 19 heavy (non-hydrogen) atoms. The van der Waals surface area contributed by atoms with Gasteiger partial charge in [0.25, 0.3) is 0 Å². The molecule has 0 spiro atoms. The van der Waals surface area contributed by atoms with Crippen molar-refractivity contribution in [3.63, 3.8) is 0 Å². The maximum Gasteiger partial charge on any atom is 0.330 e. The number of rotatable bonds is 6. The summed E-state index contributed by atoms with van der Waals surface area (Å²) in [5, 5.41) is 3.06. The quantitative estimate of drug-likeness (QED) is 0.635. The molecule has 1 N–H and O–H groups in total. The average Bonchev–Trinajstić information content (AvgIpc) is 2.30. The van der Waals surface area contributed by atoms with Gasteiger partial charge in [0.05, 0.1) is 0 Å². The average molecular weight is 265 g/mol. The Balaban J connectivity index is 2.31. The van der Waals surface area contributed by atoms with Gasteiger partial charge in [-0.2, -0.15) is 0 Å². The van der Waals surface area contributed by atoms with E-state index in [0.717, 1.165) is 5.57 Å². The molecule has 4 heteroatoms. The van der Waals surface area contributed by atoms with Gasteiger partial charge in [-0.05, 0) is 26.8 Å². The number of carbonyl (C=O) groups excluding carboxylic acids is 1. The minimum absolute atomic E-state index is 0.232. The third-order valence-corrected chi connectivity index (χ3v) is 2.43. The topological polar surface area (TPSA) is 38.3 Å². The van der Waals surface area contributed by atoms with E-state index < -0.39 is 0 Å². The number of allylic oxidation sites excluding steroid dienone is 1. The maximum atomic E-state index is 13.3. The fourth-order valence-corrected chi connectivity index (χ4v) is 1.56. The highest BCUT2D eigenvalue weighted by molar-refractivity contribution is 5.82. The van der Waals surface area contributed by atoms with Crippen molar-refractivity contribution in [2.24, 2.45) is 0 Å². The molecule has 1 aromatic rings. The number of esters is 1. The smallest absolute Gasteiger partial charge is 0.330 e. The molecule has 0 aliphatic rings. The summed E-state index contributed by atoms with van der Waals surface area (Å²) in [4.78, 5) is 11.4. The number of benzene rings is 1. The third-order valence-electron chi connectivity index (χ3n) is 2.43. The van der Waals surface area contributed by atoms with E-state index in [4.69, 9.17) is 4.74 Å². The van der Waals surface area contributed by atoms with Gasteiger partial charge in [-0.25, -0.2) is 9.18 Å². The lowest BCUT2D eigenvalue weighted by Crippen LogP contribution is -2.28. The zero-order chi connectivity index (χ0) is 14.3. The normalized spacial score (nSPS) is 11.8. The molecule has 0 heterocycles. The molecule has 0 aliphatic carbocycles. The van der Waals surface area contributed by atoms with Crippen LogP contribution in [-0.2, 0) is 16.1 Å². The second-order valence-electron chi connectivity index (χ2n) is 4.69. The van der Waals surface area contributed by atoms with Crippen LogP contribution in [0.3, 0.4) is 0 Å². The number of nitrogens with one attached hydrogen (secondary N) is 1. The fraction of sp³-hybridized carbons (Fsp3) is 0.400. The Morgan fingerprint density at radius 2 is 2.11 bits per heavy atom. The summed E-state index contributed by atoms with van der Waals surface area (Å²) in [6, 6.07) is 6.60. The molecule has 0 aliphatic heterocycles. The van der Waals surface area contributed by atoms with Gasteiger partial charge in [0.15, 0.2) is 0 Å². The number of ether oxygens (including phenoxy) is 1. The molecule has 0 aromatic heterocycles. The predicted molar refractivity (Wildman–Crippen MR) is 73.1 cm³/mol. The Labute approximate surface area is 113 Å². The first-order chi connectivity index (χ1) is 8.99. The van der Waals surface area contributed by atoms with Gasteiger partial charge in [-0.3, -0.25) is 0 Å². The van der Waals surface area contributed by atoms with E-state index in [9.17, 15) is 9.18 Å². The molecule has 3 nitrogen and oxygen atoms in total. The van der Waals surface area contributed by atoms with Crippen LogP contribution in [0, 0.1) is 5.82 Å². The van der Waals surface area contributed by atoms with Crippen molar-refractivity contribution < 1.29 is 13.9 Å². The summed E-state index contributed by atoms with van der Waals surface area (Å²) in [5.74, 6) is -0.579. The first-order valence-corrected chi connectivity index (χ1v) is 6.28. The molecule has 1 atom stereocenters. The van der Waals surface area contributed by atoms with Crippen LogP contribution >= 0.6 is 0 Å². The van der Waals surface area contributed by atoms with Gasteiger partial charge in [-0.15, -0.1) is 0 Å². The van der Waals surface area contributed by atoms with Crippen LogP contribution in [0.2, 0.25) is 0 Å². The van der Waals surface area contributed by atoms with Gasteiger partial charge in [0, 0.05) is 24.7 Å². The number of hydrogen-bond acceptors (Lipinski definition) is 3. The Bertz CT molecular complexity index is 453. The van der Waals surface area contributed by atoms with Gasteiger partial charge >= 0.3 is 5.97 Å². The zero-order valence-electron chi connectivity index (χ0n) is 11.6. The van der Waals surface area contributed by atoms with Crippen molar-refractivity contribution in [1.29, 1.82) is 0 Å². The first kappa shape index (κ1) is 15.4. The summed E-state index contributed by atoms with van der Waals surface area (Å²) in [5.41, 5.74) is 1.50. The minimum Gasteiger partial charge on any atom is -0.458 e. The van der Waals surface area contributed by atoms with Gasteiger partial charge < -0.3 is 10.1 Å². The van der Waals surface area contributed by atoms with Crippen LogP contribution in [0.15, 0.2) is 35.9 Å². The Hall–Kier alpha value is -1.68. The van der Waals surface area contributed by atoms with E-state index in [0.29, 0.717) is 18.7 Å². The van der Waals surface area contributed by atoms with E-state index >= 15 is 0 Å². The van der Waals surface area contributed by atoms with E-state index in [2.05, 4.69) is 5.32 Å². The standard InChI is InChI=1S/C15H20FNO2/c1-11(2)8-15(18)19-12(3)9-17-10-13-6-4-5-7-14(13)16/h4-8,12,17H,9-10H2,1-3H3. The predicted octanol–water partition coefficient (Wildman–Crippen LogP) is 2.81. The van der Waals surface area contributed by atoms with Crippen LogP contribution < -0.4 is 5.32 Å². The number of carbonyl (C=O) groups is 1. The summed E-state index contributed by atoms with van der Waals surface area (Å²) >= 11 is 0. The van der Waals surface area contributed by atoms with Crippen molar-refractivity contribution in [3.8, 4) is 0 Å². The van der Waals surface area contributed by atoms with Crippen LogP contribution in [0.1, 0.15) is 26.3 Å². The minimum atomic E-state index is -0.347. The third kappa shape index (κ3) is 6.15. The van der Waals surface area contributed by atoms with Crippen molar-refractivity contribution >= 4 is 5.97 Å². The zero-order valence-corrected chi connectivity index (χ0v) is 11.6. The van der Waals surface area contributed by atoms with Crippen LogP contribution in [0.4, 0.5) is 4.39 Å². The number of halogens is 1. The largest absolute Gasteiger partial charge is 0.458 e. The molecule has 0 bridgehead atoms. The van der Waals surface area contributed by atoms with E-state index in [1.165, 1.54) is 12.1 Å². The molecule has 0 fully saturated rings. The lowest BCUT2D eigenvalue weighted by molar-refractivity contribution is -0.142. The highest BCUT2D eigenvalue weighted by Gasteiger charge is 2.07. The molecule has 104 valence electrons. The highest BCUT2D eigenvalue weighted by atomic mass is 19.1. The van der Waals surface area contributed by atoms with E-state index in [-0.39, 0.29) is 17.9 Å². The molecular weight excluding hydrogens is 245 g/mol. The molecular formula is C15H20FNO2. The fourth-order valence-electron chi connectivity index (χ4n) is 1.56. The second kappa shape index (κ2) is 7.69. The monoisotopic (exact) mass is 265 g/mol. The second-order valence-corrected chi connectivity index (χ2v) is 4.69. The van der Waals surface area contributed by atoms with Gasteiger partial charge in [-0.1, -0.05) is 23.8 Å². The van der Waals surface area contributed by atoms with Crippen molar-refractivity contribution in [1.82, 2.24) is 5.32 Å². The SMILES string of the molecule is CC(C)=CC(=O)OC(C)CNCc1ccccc1F. The molecule has 0 saturated carbocycles. The van der Waals surface area contributed by atoms with Gasteiger partial charge in [0.1, 0.15) is 11.9 Å². The van der Waals surface area contributed by atoms with Crippen molar-refractivity contribution in [2.75, 3.05) is 6.54 Å². The molecule has 1 unspecified atom stereocenters. The molecule has 0 saturated heterocycles. The molecule has 0 radical (unpaired) electrons. The lowest BCUT2D eigenvalue weighted by atomic mass is 10.2. The first-order valence-electron chi connectivity index (χ1n) is 6.28. The molecule has 1 aromatic carbocycles. The van der Waals surface area contributed by atoms with E-state index in [1.807, 2.05) is 13.8 Å². The summed E-state index contributed by atoms with van der Waals surface area (Å²) in [7, 11) is 0. The van der Waals surface area contributed by atoms with Crippen molar-refractivity contribution in [2.45, 2.75) is 33.4 Å². The van der Waals surface area contributed by atoms with Crippen LogP contribution in [-0.4, -0.2) is 18.6 Å². The van der Waals surface area contributed by atoms with Crippen molar-refractivity contribution in [3.05, 3.63) is 47.3 Å². The van der Waals surface area contributed by atoms with Crippen LogP contribution in [0.5, 0.6) is 0 Å². The van der Waals surface area contributed by atoms with E-state index in [1.54, 1.807) is 25.1 Å². The maximum absolute atomic E-state index is 13.3. The van der Waals surface area contributed by atoms with Gasteiger partial charge in [0.2, 0.25) is 0 Å². The molecule has 1 rings (SSSR count). The van der Waals surface area contributed by atoms with Crippen LogP contribution in [0.25, 0.3) is 0 Å². The number of hydrogen-bond donors (Lipinski definition) is 1. The lowest BCUT2D eigenvalue weighted by Gasteiger charge is -2.13. The Morgan fingerprint density at radius 1 is 1.42 bits per heavy atom.